The first-order valence-corrected chi connectivity index (χ1v) is 7.09. The van der Waals surface area contributed by atoms with E-state index in [2.05, 4.69) is 15.9 Å². The van der Waals surface area contributed by atoms with E-state index in [1.807, 2.05) is 25.1 Å². The van der Waals surface area contributed by atoms with Gasteiger partial charge < -0.3 is 4.74 Å². The molecule has 0 aliphatic rings. The highest BCUT2D eigenvalue weighted by atomic mass is 79.9. The molecule has 2 rings (SSSR count). The van der Waals surface area contributed by atoms with Gasteiger partial charge in [0.25, 0.3) is 0 Å². The number of ether oxygens (including phenoxy) is 1. The molecule has 0 fully saturated rings. The molecule has 0 amide bonds. The molecule has 0 heterocycles. The predicted octanol–water partition coefficient (Wildman–Crippen LogP) is 5.07. The normalized spacial score (nSPS) is 12.3. The minimum Gasteiger partial charge on any atom is -0.496 e. The highest BCUT2D eigenvalue weighted by Gasteiger charge is 2.17. The van der Waals surface area contributed by atoms with Crippen molar-refractivity contribution in [2.24, 2.45) is 0 Å². The Morgan fingerprint density at radius 1 is 1.00 bits per heavy atom. The molecule has 1 atom stereocenters. The van der Waals surface area contributed by atoms with Gasteiger partial charge in [0.15, 0.2) is 0 Å². The quantitative estimate of drug-likeness (QED) is 0.708. The lowest BCUT2D eigenvalue weighted by Crippen LogP contribution is -2.00. The van der Waals surface area contributed by atoms with Crippen molar-refractivity contribution in [2.45, 2.75) is 18.7 Å². The van der Waals surface area contributed by atoms with Crippen molar-refractivity contribution in [1.29, 1.82) is 0 Å². The number of benzene rings is 2. The molecule has 20 heavy (non-hydrogen) atoms. The third kappa shape index (κ3) is 2.85. The van der Waals surface area contributed by atoms with Gasteiger partial charge >= 0.3 is 0 Å². The van der Waals surface area contributed by atoms with Crippen LogP contribution in [0.4, 0.5) is 8.78 Å². The molecule has 2 aromatic rings. The van der Waals surface area contributed by atoms with E-state index in [0.717, 1.165) is 22.9 Å². The number of methoxy groups -OCH3 is 1. The second-order valence-electron chi connectivity index (χ2n) is 4.71. The Balaban J connectivity index is 2.43. The largest absolute Gasteiger partial charge is 0.496 e. The SMILES string of the molecule is COc1ccc(C(Br)c2cc(C)c(F)cc2F)cc1C. The highest BCUT2D eigenvalue weighted by Crippen LogP contribution is 2.35. The summed E-state index contributed by atoms with van der Waals surface area (Å²) >= 11 is 3.48. The molecule has 2 aromatic carbocycles. The lowest BCUT2D eigenvalue weighted by atomic mass is 10.0. The van der Waals surface area contributed by atoms with Gasteiger partial charge in [0.1, 0.15) is 17.4 Å². The molecule has 0 radical (unpaired) electrons. The van der Waals surface area contributed by atoms with Crippen molar-refractivity contribution in [3.8, 4) is 5.75 Å². The average molecular weight is 341 g/mol. The average Bonchev–Trinajstić information content (AvgIpc) is 2.42. The van der Waals surface area contributed by atoms with Crippen LogP contribution < -0.4 is 4.74 Å². The molecular weight excluding hydrogens is 326 g/mol. The van der Waals surface area contributed by atoms with Crippen LogP contribution in [0.5, 0.6) is 5.75 Å². The van der Waals surface area contributed by atoms with Crippen LogP contribution in [0.1, 0.15) is 27.1 Å². The van der Waals surface area contributed by atoms with Gasteiger partial charge in [-0.25, -0.2) is 8.78 Å². The zero-order valence-corrected chi connectivity index (χ0v) is 13.1. The van der Waals surface area contributed by atoms with Crippen molar-refractivity contribution in [3.05, 3.63) is 64.2 Å². The van der Waals surface area contributed by atoms with Gasteiger partial charge in [-0.05, 0) is 42.7 Å². The highest BCUT2D eigenvalue weighted by molar-refractivity contribution is 9.09. The number of hydrogen-bond donors (Lipinski definition) is 0. The Morgan fingerprint density at radius 3 is 2.30 bits per heavy atom. The molecule has 0 spiro atoms. The topological polar surface area (TPSA) is 9.23 Å². The molecule has 106 valence electrons. The summed E-state index contributed by atoms with van der Waals surface area (Å²) in [5.74, 6) is -0.301. The number of hydrogen-bond acceptors (Lipinski definition) is 1. The second kappa shape index (κ2) is 5.92. The van der Waals surface area contributed by atoms with Crippen molar-refractivity contribution >= 4 is 15.9 Å². The maximum Gasteiger partial charge on any atom is 0.130 e. The van der Waals surface area contributed by atoms with E-state index >= 15 is 0 Å². The van der Waals surface area contributed by atoms with Gasteiger partial charge in [-0.1, -0.05) is 28.1 Å². The van der Waals surface area contributed by atoms with Crippen LogP contribution in [-0.4, -0.2) is 7.11 Å². The minimum atomic E-state index is -0.552. The van der Waals surface area contributed by atoms with Gasteiger partial charge in [-0.2, -0.15) is 0 Å². The van der Waals surface area contributed by atoms with Crippen LogP contribution in [0.2, 0.25) is 0 Å². The van der Waals surface area contributed by atoms with E-state index in [1.54, 1.807) is 14.0 Å². The molecule has 0 saturated carbocycles. The molecule has 0 saturated heterocycles. The fraction of sp³-hybridized carbons (Fsp3) is 0.250. The van der Waals surface area contributed by atoms with Gasteiger partial charge in [-0.3, -0.25) is 0 Å². The van der Waals surface area contributed by atoms with Crippen LogP contribution in [0, 0.1) is 25.5 Å². The van der Waals surface area contributed by atoms with E-state index in [0.29, 0.717) is 11.1 Å². The van der Waals surface area contributed by atoms with Crippen molar-refractivity contribution in [1.82, 2.24) is 0 Å². The van der Waals surface area contributed by atoms with E-state index in [-0.39, 0.29) is 4.83 Å². The lowest BCUT2D eigenvalue weighted by molar-refractivity contribution is 0.411. The fourth-order valence-corrected chi connectivity index (χ4v) is 2.75. The zero-order valence-electron chi connectivity index (χ0n) is 11.5. The Kier molecular flexibility index (Phi) is 4.43. The summed E-state index contributed by atoms with van der Waals surface area (Å²) in [6.45, 7) is 3.55. The van der Waals surface area contributed by atoms with Gasteiger partial charge in [0.05, 0.1) is 11.9 Å². The molecule has 0 aromatic heterocycles. The maximum absolute atomic E-state index is 13.9. The third-order valence-corrected chi connectivity index (χ3v) is 4.28. The minimum absolute atomic E-state index is 0.327. The summed E-state index contributed by atoms with van der Waals surface area (Å²) in [5, 5.41) is 0. The molecular formula is C16H15BrF2O. The molecule has 0 aliphatic heterocycles. The van der Waals surface area contributed by atoms with Crippen LogP contribution in [0.25, 0.3) is 0 Å². The van der Waals surface area contributed by atoms with Crippen LogP contribution >= 0.6 is 15.9 Å². The number of halogens is 3. The van der Waals surface area contributed by atoms with E-state index in [9.17, 15) is 8.78 Å². The monoisotopic (exact) mass is 340 g/mol. The summed E-state index contributed by atoms with van der Waals surface area (Å²) < 4.78 is 32.4. The zero-order chi connectivity index (χ0) is 14.9. The molecule has 0 bridgehead atoms. The first-order chi connectivity index (χ1) is 9.43. The Labute approximate surface area is 125 Å². The number of rotatable bonds is 3. The van der Waals surface area contributed by atoms with Crippen LogP contribution in [0.3, 0.4) is 0 Å². The summed E-state index contributed by atoms with van der Waals surface area (Å²) in [7, 11) is 1.61. The van der Waals surface area contributed by atoms with Crippen LogP contribution in [-0.2, 0) is 0 Å². The summed E-state index contributed by atoms with van der Waals surface area (Å²) in [6, 6.07) is 8.09. The van der Waals surface area contributed by atoms with E-state index < -0.39 is 11.6 Å². The van der Waals surface area contributed by atoms with Gasteiger partial charge in [0, 0.05) is 11.6 Å². The van der Waals surface area contributed by atoms with Crippen molar-refractivity contribution in [3.63, 3.8) is 0 Å². The maximum atomic E-state index is 13.9. The van der Waals surface area contributed by atoms with Crippen molar-refractivity contribution in [2.75, 3.05) is 7.11 Å². The fourth-order valence-electron chi connectivity index (χ4n) is 2.11. The van der Waals surface area contributed by atoms with Gasteiger partial charge in [0.2, 0.25) is 0 Å². The number of alkyl halides is 1. The van der Waals surface area contributed by atoms with E-state index in [1.165, 1.54) is 6.07 Å². The number of aryl methyl sites for hydroxylation is 2. The molecule has 0 aliphatic carbocycles. The first-order valence-electron chi connectivity index (χ1n) is 6.18. The molecule has 1 nitrogen and oxygen atoms in total. The molecule has 4 heteroatoms. The van der Waals surface area contributed by atoms with E-state index in [4.69, 9.17) is 4.74 Å². The molecule has 1 unspecified atom stereocenters. The second-order valence-corrected chi connectivity index (χ2v) is 5.63. The smallest absolute Gasteiger partial charge is 0.130 e. The Hall–Kier alpha value is -1.42. The van der Waals surface area contributed by atoms with Gasteiger partial charge in [-0.15, -0.1) is 0 Å². The Morgan fingerprint density at radius 2 is 1.70 bits per heavy atom. The molecule has 0 N–H and O–H groups in total. The van der Waals surface area contributed by atoms with Crippen molar-refractivity contribution < 1.29 is 13.5 Å². The van der Waals surface area contributed by atoms with Crippen LogP contribution in [0.15, 0.2) is 30.3 Å². The standard InChI is InChI=1S/C16H15BrF2O/c1-9-7-12(14(19)8-13(9)18)16(17)11-4-5-15(20-3)10(2)6-11/h4-8,16H,1-3H3. The summed E-state index contributed by atoms with van der Waals surface area (Å²) in [4.78, 5) is -0.327. The predicted molar refractivity (Wildman–Crippen MR) is 79.6 cm³/mol. The first kappa shape index (κ1) is 15.0. The lowest BCUT2D eigenvalue weighted by Gasteiger charge is -2.15. The summed E-state index contributed by atoms with van der Waals surface area (Å²) in [6.07, 6.45) is 0. The third-order valence-electron chi connectivity index (χ3n) is 3.26. The Bertz CT molecular complexity index is 641. The summed E-state index contributed by atoms with van der Waals surface area (Å²) in [5.41, 5.74) is 2.71.